The maximum absolute atomic E-state index is 12.6. The van der Waals surface area contributed by atoms with E-state index >= 15 is 0 Å². The number of ether oxygens (including phenoxy) is 1. The van der Waals surface area contributed by atoms with Crippen LogP contribution >= 0.6 is 11.6 Å². The third kappa shape index (κ3) is 3.80. The highest BCUT2D eigenvalue weighted by molar-refractivity contribution is 6.30. The molecular weight excluding hydrogens is 328 g/mol. The van der Waals surface area contributed by atoms with Crippen LogP contribution in [0.2, 0.25) is 5.02 Å². The molecule has 1 aliphatic heterocycles. The van der Waals surface area contributed by atoms with Gasteiger partial charge in [-0.05, 0) is 37.7 Å². The molecule has 1 saturated heterocycles. The monoisotopic (exact) mass is 348 g/mol. The van der Waals surface area contributed by atoms with Gasteiger partial charge in [0.25, 0.3) is 5.91 Å². The minimum atomic E-state index is -0.276. The van der Waals surface area contributed by atoms with Gasteiger partial charge >= 0.3 is 0 Å². The standard InChI is InChI=1S/C18H21ClN2O3/c1-12-7-9-24-17(12)18(22)20-16(13-3-5-14(19)6-4-13)15-11-21(2)8-10-23-15/h3-7,9,15-16H,8,10-11H2,1-2H3,(H,20,22)/t15-,16-/m1/s1. The van der Waals surface area contributed by atoms with Gasteiger partial charge in [-0.15, -0.1) is 0 Å². The van der Waals surface area contributed by atoms with E-state index in [0.29, 0.717) is 17.4 Å². The van der Waals surface area contributed by atoms with Crippen molar-refractivity contribution in [3.05, 3.63) is 58.5 Å². The molecule has 0 unspecified atom stereocenters. The molecule has 0 saturated carbocycles. The van der Waals surface area contributed by atoms with Crippen LogP contribution in [-0.2, 0) is 4.74 Å². The smallest absolute Gasteiger partial charge is 0.287 e. The van der Waals surface area contributed by atoms with Crippen molar-refractivity contribution >= 4 is 17.5 Å². The first-order valence-corrected chi connectivity index (χ1v) is 8.33. The van der Waals surface area contributed by atoms with Gasteiger partial charge in [0.15, 0.2) is 5.76 Å². The summed E-state index contributed by atoms with van der Waals surface area (Å²) in [4.78, 5) is 14.8. The molecule has 6 heteroatoms. The molecule has 1 amide bonds. The Hall–Kier alpha value is -1.82. The molecule has 1 fully saturated rings. The highest BCUT2D eigenvalue weighted by Crippen LogP contribution is 2.24. The third-order valence-electron chi connectivity index (χ3n) is 4.25. The van der Waals surface area contributed by atoms with Gasteiger partial charge < -0.3 is 19.4 Å². The highest BCUT2D eigenvalue weighted by Gasteiger charge is 2.30. The second-order valence-electron chi connectivity index (χ2n) is 6.11. The molecule has 5 nitrogen and oxygen atoms in total. The number of likely N-dealkylation sites (N-methyl/N-ethyl adjacent to an activating group) is 1. The number of aryl methyl sites for hydroxylation is 1. The third-order valence-corrected chi connectivity index (χ3v) is 4.50. The van der Waals surface area contributed by atoms with Crippen LogP contribution in [0.3, 0.4) is 0 Å². The summed E-state index contributed by atoms with van der Waals surface area (Å²) in [6.45, 7) is 4.11. The van der Waals surface area contributed by atoms with Crippen LogP contribution in [0.5, 0.6) is 0 Å². The number of amides is 1. The van der Waals surface area contributed by atoms with E-state index in [2.05, 4.69) is 10.2 Å². The molecular formula is C18H21ClN2O3. The van der Waals surface area contributed by atoms with E-state index in [4.69, 9.17) is 20.8 Å². The van der Waals surface area contributed by atoms with E-state index in [1.54, 1.807) is 6.07 Å². The summed E-state index contributed by atoms with van der Waals surface area (Å²) in [6, 6.07) is 8.97. The summed E-state index contributed by atoms with van der Waals surface area (Å²) in [5.74, 6) is 0.0902. The number of benzene rings is 1. The molecule has 0 radical (unpaired) electrons. The molecule has 0 bridgehead atoms. The van der Waals surface area contributed by atoms with E-state index < -0.39 is 0 Å². The number of carbonyl (C=O) groups excluding carboxylic acids is 1. The van der Waals surface area contributed by atoms with Crippen LogP contribution in [0.15, 0.2) is 41.0 Å². The Morgan fingerprint density at radius 1 is 1.33 bits per heavy atom. The average Bonchev–Trinajstić information content (AvgIpc) is 2.99. The number of hydrogen-bond acceptors (Lipinski definition) is 4. The van der Waals surface area contributed by atoms with Gasteiger partial charge in [-0.25, -0.2) is 0 Å². The van der Waals surface area contributed by atoms with Crippen molar-refractivity contribution < 1.29 is 13.9 Å². The molecule has 2 aromatic rings. The Morgan fingerprint density at radius 2 is 2.08 bits per heavy atom. The number of nitrogens with one attached hydrogen (secondary N) is 1. The second kappa shape index (κ2) is 7.38. The summed E-state index contributed by atoms with van der Waals surface area (Å²) < 4.78 is 11.2. The van der Waals surface area contributed by atoms with Gasteiger partial charge in [0.1, 0.15) is 0 Å². The van der Waals surface area contributed by atoms with Crippen molar-refractivity contribution in [3.63, 3.8) is 0 Å². The zero-order chi connectivity index (χ0) is 17.1. The topological polar surface area (TPSA) is 54.7 Å². The second-order valence-corrected chi connectivity index (χ2v) is 6.54. The lowest BCUT2D eigenvalue weighted by Gasteiger charge is -2.35. The summed E-state index contributed by atoms with van der Waals surface area (Å²) >= 11 is 5.99. The number of nitrogens with zero attached hydrogens (tertiary/aromatic N) is 1. The van der Waals surface area contributed by atoms with Gasteiger partial charge in [-0.3, -0.25) is 4.79 Å². The van der Waals surface area contributed by atoms with E-state index in [-0.39, 0.29) is 18.1 Å². The first-order chi connectivity index (χ1) is 11.5. The Kier molecular flexibility index (Phi) is 5.23. The maximum Gasteiger partial charge on any atom is 0.287 e. The molecule has 128 valence electrons. The molecule has 0 spiro atoms. The predicted octanol–water partition coefficient (Wildman–Crippen LogP) is 3.04. The van der Waals surface area contributed by atoms with E-state index in [9.17, 15) is 4.79 Å². The quantitative estimate of drug-likeness (QED) is 0.922. The van der Waals surface area contributed by atoms with Crippen molar-refractivity contribution in [2.75, 3.05) is 26.7 Å². The fourth-order valence-corrected chi connectivity index (χ4v) is 3.01. The number of carbonyl (C=O) groups is 1. The number of halogens is 1. The first-order valence-electron chi connectivity index (χ1n) is 7.95. The van der Waals surface area contributed by atoms with E-state index in [1.807, 2.05) is 38.2 Å². The summed E-state index contributed by atoms with van der Waals surface area (Å²) in [6.07, 6.45) is 1.39. The molecule has 2 heterocycles. The number of rotatable bonds is 4. The van der Waals surface area contributed by atoms with Crippen LogP contribution in [0.1, 0.15) is 27.7 Å². The van der Waals surface area contributed by atoms with Gasteiger partial charge in [0.05, 0.1) is 25.0 Å². The lowest BCUT2D eigenvalue weighted by molar-refractivity contribution is -0.0382. The Morgan fingerprint density at radius 3 is 2.71 bits per heavy atom. The summed E-state index contributed by atoms with van der Waals surface area (Å²) in [5, 5.41) is 3.72. The number of furan rings is 1. The fourth-order valence-electron chi connectivity index (χ4n) is 2.89. The van der Waals surface area contributed by atoms with Gasteiger partial charge in [-0.2, -0.15) is 0 Å². The van der Waals surface area contributed by atoms with Crippen molar-refractivity contribution in [1.82, 2.24) is 10.2 Å². The van der Waals surface area contributed by atoms with Crippen LogP contribution in [0, 0.1) is 6.92 Å². The fraction of sp³-hybridized carbons (Fsp3) is 0.389. The minimum Gasteiger partial charge on any atom is -0.459 e. The van der Waals surface area contributed by atoms with Gasteiger partial charge in [-0.1, -0.05) is 23.7 Å². The average molecular weight is 349 g/mol. The zero-order valence-electron chi connectivity index (χ0n) is 13.8. The van der Waals surface area contributed by atoms with E-state index in [1.165, 1.54) is 6.26 Å². The van der Waals surface area contributed by atoms with Gasteiger partial charge in [0, 0.05) is 23.7 Å². The Labute approximate surface area is 146 Å². The minimum absolute atomic E-state index is 0.135. The lowest BCUT2D eigenvalue weighted by Crippen LogP contribution is -2.48. The maximum atomic E-state index is 12.6. The van der Waals surface area contributed by atoms with Crippen molar-refractivity contribution in [2.45, 2.75) is 19.1 Å². The number of hydrogen-bond donors (Lipinski definition) is 1. The van der Waals surface area contributed by atoms with Gasteiger partial charge in [0.2, 0.25) is 0 Å². The van der Waals surface area contributed by atoms with E-state index in [0.717, 1.165) is 24.2 Å². The molecule has 1 aromatic carbocycles. The van der Waals surface area contributed by atoms with Crippen LogP contribution in [0.4, 0.5) is 0 Å². The molecule has 1 N–H and O–H groups in total. The first kappa shape index (κ1) is 17.0. The van der Waals surface area contributed by atoms with Crippen LogP contribution in [0.25, 0.3) is 0 Å². The molecule has 3 rings (SSSR count). The molecule has 1 aliphatic rings. The van der Waals surface area contributed by atoms with Crippen molar-refractivity contribution in [1.29, 1.82) is 0 Å². The molecule has 24 heavy (non-hydrogen) atoms. The van der Waals surface area contributed by atoms with Crippen LogP contribution in [-0.4, -0.2) is 43.7 Å². The molecule has 0 aliphatic carbocycles. The number of morpholine rings is 1. The zero-order valence-corrected chi connectivity index (χ0v) is 14.5. The molecule has 2 atom stereocenters. The lowest BCUT2D eigenvalue weighted by atomic mass is 9.99. The normalized spacial score (nSPS) is 19.9. The van der Waals surface area contributed by atoms with Crippen molar-refractivity contribution in [2.24, 2.45) is 0 Å². The molecule has 1 aromatic heterocycles. The summed E-state index contributed by atoms with van der Waals surface area (Å²) in [7, 11) is 2.05. The van der Waals surface area contributed by atoms with Crippen LogP contribution < -0.4 is 5.32 Å². The Bertz CT molecular complexity index is 699. The Balaban J connectivity index is 1.85. The summed E-state index contributed by atoms with van der Waals surface area (Å²) in [5.41, 5.74) is 1.77. The predicted molar refractivity (Wildman–Crippen MR) is 92.3 cm³/mol. The van der Waals surface area contributed by atoms with Crippen molar-refractivity contribution in [3.8, 4) is 0 Å². The highest BCUT2D eigenvalue weighted by atomic mass is 35.5. The largest absolute Gasteiger partial charge is 0.459 e. The SMILES string of the molecule is Cc1ccoc1C(=O)N[C@H](c1ccc(Cl)cc1)[C@H]1CN(C)CCO1.